The van der Waals surface area contributed by atoms with Gasteiger partial charge < -0.3 is 10.2 Å². The summed E-state index contributed by atoms with van der Waals surface area (Å²) in [7, 11) is 0. The minimum absolute atomic E-state index is 0.0864. The fourth-order valence-corrected chi connectivity index (χ4v) is 2.65. The van der Waals surface area contributed by atoms with E-state index in [0.717, 1.165) is 25.1 Å². The molecule has 0 unspecified atom stereocenters. The zero-order valence-corrected chi connectivity index (χ0v) is 12.2. The van der Waals surface area contributed by atoms with Crippen LogP contribution in [0.15, 0.2) is 18.2 Å². The number of likely N-dealkylation sites (tertiary alicyclic amines) is 1. The van der Waals surface area contributed by atoms with Gasteiger partial charge in [0.05, 0.1) is 4.92 Å². The van der Waals surface area contributed by atoms with Gasteiger partial charge in [-0.2, -0.15) is 0 Å². The lowest BCUT2D eigenvalue weighted by molar-refractivity contribution is -0.384. The predicted molar refractivity (Wildman–Crippen MR) is 80.1 cm³/mol. The van der Waals surface area contributed by atoms with Crippen molar-refractivity contribution >= 4 is 17.3 Å². The molecule has 0 radical (unpaired) electrons. The van der Waals surface area contributed by atoms with Gasteiger partial charge in [0.1, 0.15) is 0 Å². The quantitative estimate of drug-likeness (QED) is 0.478. The highest BCUT2D eigenvalue weighted by atomic mass is 35.5. The molecule has 0 saturated carbocycles. The number of halogens is 1. The van der Waals surface area contributed by atoms with Gasteiger partial charge in [-0.05, 0) is 57.1 Å². The van der Waals surface area contributed by atoms with Crippen LogP contribution in [0.5, 0.6) is 0 Å². The average molecular weight is 298 g/mol. The highest BCUT2D eigenvalue weighted by Crippen LogP contribution is 2.21. The third-order valence-corrected chi connectivity index (χ3v) is 3.95. The Balaban J connectivity index is 1.72. The van der Waals surface area contributed by atoms with Crippen molar-refractivity contribution in [3.63, 3.8) is 0 Å². The Bertz CT molecular complexity index is 462. The normalized spacial score (nSPS) is 15.7. The first-order valence-corrected chi connectivity index (χ1v) is 7.40. The van der Waals surface area contributed by atoms with E-state index in [1.807, 2.05) is 0 Å². The first kappa shape index (κ1) is 15.2. The van der Waals surface area contributed by atoms with Gasteiger partial charge in [-0.1, -0.05) is 11.6 Å². The number of nitro benzene ring substituents is 1. The van der Waals surface area contributed by atoms with Crippen LogP contribution < -0.4 is 5.32 Å². The largest absolute Gasteiger partial charge is 0.313 e. The molecule has 2 rings (SSSR count). The van der Waals surface area contributed by atoms with Crippen LogP contribution in [0.3, 0.4) is 0 Å². The molecule has 110 valence electrons. The van der Waals surface area contributed by atoms with Gasteiger partial charge in [0, 0.05) is 23.7 Å². The SMILES string of the molecule is O=[N+]([O-])c1ccc(Cl)c(CNCCCN2CCCC2)c1. The van der Waals surface area contributed by atoms with Gasteiger partial charge in [-0.15, -0.1) is 0 Å². The van der Waals surface area contributed by atoms with Crippen molar-refractivity contribution in [1.82, 2.24) is 10.2 Å². The van der Waals surface area contributed by atoms with Gasteiger partial charge in [-0.3, -0.25) is 10.1 Å². The first-order valence-electron chi connectivity index (χ1n) is 7.03. The summed E-state index contributed by atoms with van der Waals surface area (Å²) < 4.78 is 0. The Morgan fingerprint density at radius 1 is 1.35 bits per heavy atom. The number of nitro groups is 1. The summed E-state index contributed by atoms with van der Waals surface area (Å²) in [6, 6.07) is 4.55. The lowest BCUT2D eigenvalue weighted by atomic mass is 10.2. The van der Waals surface area contributed by atoms with Crippen LogP contribution in [0, 0.1) is 10.1 Å². The molecule has 1 aliphatic rings. The smallest absolute Gasteiger partial charge is 0.269 e. The van der Waals surface area contributed by atoms with E-state index in [0.29, 0.717) is 11.6 Å². The molecule has 1 saturated heterocycles. The summed E-state index contributed by atoms with van der Waals surface area (Å²) in [6.45, 7) is 5.03. The molecule has 1 N–H and O–H groups in total. The predicted octanol–water partition coefficient (Wildman–Crippen LogP) is 2.82. The molecule has 1 fully saturated rings. The number of hydrogen-bond donors (Lipinski definition) is 1. The lowest BCUT2D eigenvalue weighted by Crippen LogP contribution is -2.24. The van der Waals surface area contributed by atoms with Crippen LogP contribution in [-0.4, -0.2) is 36.0 Å². The first-order chi connectivity index (χ1) is 9.66. The molecule has 1 aromatic carbocycles. The molecule has 20 heavy (non-hydrogen) atoms. The minimum atomic E-state index is -0.396. The molecule has 0 aliphatic carbocycles. The van der Waals surface area contributed by atoms with Crippen molar-refractivity contribution in [3.8, 4) is 0 Å². The third-order valence-electron chi connectivity index (χ3n) is 3.58. The highest BCUT2D eigenvalue weighted by molar-refractivity contribution is 6.31. The summed E-state index contributed by atoms with van der Waals surface area (Å²) in [4.78, 5) is 12.8. The Hall–Kier alpha value is -1.17. The fourth-order valence-electron chi connectivity index (χ4n) is 2.47. The van der Waals surface area contributed by atoms with E-state index in [1.54, 1.807) is 6.07 Å². The summed E-state index contributed by atoms with van der Waals surface area (Å²) in [5, 5.41) is 14.6. The standard InChI is InChI=1S/C14H20ClN3O2/c15-14-5-4-13(18(19)20)10-12(14)11-16-6-3-9-17-7-1-2-8-17/h4-5,10,16H,1-3,6-9,11H2. The zero-order valence-electron chi connectivity index (χ0n) is 11.5. The van der Waals surface area contributed by atoms with Gasteiger partial charge in [0.15, 0.2) is 0 Å². The van der Waals surface area contributed by atoms with Crippen LogP contribution in [0.1, 0.15) is 24.8 Å². The second-order valence-electron chi connectivity index (χ2n) is 5.11. The Labute approximate surface area is 124 Å². The van der Waals surface area contributed by atoms with Crippen LogP contribution in [0.4, 0.5) is 5.69 Å². The third kappa shape index (κ3) is 4.44. The van der Waals surface area contributed by atoms with Crippen LogP contribution >= 0.6 is 11.6 Å². The summed E-state index contributed by atoms with van der Waals surface area (Å²) >= 11 is 6.05. The van der Waals surface area contributed by atoms with E-state index in [9.17, 15) is 10.1 Å². The number of hydrogen-bond acceptors (Lipinski definition) is 4. The monoisotopic (exact) mass is 297 g/mol. The second-order valence-corrected chi connectivity index (χ2v) is 5.52. The van der Waals surface area contributed by atoms with Crippen molar-refractivity contribution < 1.29 is 4.92 Å². The lowest BCUT2D eigenvalue weighted by Gasteiger charge is -2.14. The number of nitrogens with zero attached hydrogens (tertiary/aromatic N) is 2. The number of rotatable bonds is 7. The Morgan fingerprint density at radius 3 is 2.80 bits per heavy atom. The van der Waals surface area contributed by atoms with E-state index in [4.69, 9.17) is 11.6 Å². The molecule has 1 heterocycles. The maximum Gasteiger partial charge on any atom is 0.269 e. The molecule has 6 heteroatoms. The maximum atomic E-state index is 10.7. The summed E-state index contributed by atoms with van der Waals surface area (Å²) in [5.41, 5.74) is 0.866. The van der Waals surface area contributed by atoms with Crippen LogP contribution in [0.2, 0.25) is 5.02 Å². The van der Waals surface area contributed by atoms with E-state index in [1.165, 1.54) is 38.1 Å². The number of non-ortho nitro benzene ring substituents is 1. The Kier molecular flexibility index (Phi) is 5.76. The van der Waals surface area contributed by atoms with Crippen molar-refractivity contribution in [1.29, 1.82) is 0 Å². The molecule has 1 aromatic rings. The van der Waals surface area contributed by atoms with Crippen molar-refractivity contribution in [2.45, 2.75) is 25.8 Å². The van der Waals surface area contributed by atoms with Gasteiger partial charge in [0.2, 0.25) is 0 Å². The van der Waals surface area contributed by atoms with Crippen molar-refractivity contribution in [2.24, 2.45) is 0 Å². The van der Waals surface area contributed by atoms with E-state index >= 15 is 0 Å². The number of benzene rings is 1. The van der Waals surface area contributed by atoms with E-state index in [-0.39, 0.29) is 5.69 Å². The molecule has 0 aromatic heterocycles. The molecular formula is C14H20ClN3O2. The topological polar surface area (TPSA) is 58.4 Å². The maximum absolute atomic E-state index is 10.7. The number of nitrogens with one attached hydrogen (secondary N) is 1. The van der Waals surface area contributed by atoms with E-state index < -0.39 is 4.92 Å². The molecule has 5 nitrogen and oxygen atoms in total. The zero-order chi connectivity index (χ0) is 14.4. The summed E-state index contributed by atoms with van der Waals surface area (Å²) in [5.74, 6) is 0. The van der Waals surface area contributed by atoms with Crippen molar-refractivity contribution in [2.75, 3.05) is 26.2 Å². The molecular weight excluding hydrogens is 278 g/mol. The molecule has 0 amide bonds. The van der Waals surface area contributed by atoms with Crippen LogP contribution in [0.25, 0.3) is 0 Å². The van der Waals surface area contributed by atoms with E-state index in [2.05, 4.69) is 10.2 Å². The average Bonchev–Trinajstić information content (AvgIpc) is 2.93. The molecule has 1 aliphatic heterocycles. The minimum Gasteiger partial charge on any atom is -0.313 e. The highest BCUT2D eigenvalue weighted by Gasteiger charge is 2.11. The van der Waals surface area contributed by atoms with Crippen LogP contribution in [-0.2, 0) is 6.54 Å². The summed E-state index contributed by atoms with van der Waals surface area (Å²) in [6.07, 6.45) is 3.72. The molecule has 0 atom stereocenters. The Morgan fingerprint density at radius 2 is 2.10 bits per heavy atom. The van der Waals surface area contributed by atoms with Gasteiger partial charge in [-0.25, -0.2) is 0 Å². The fraction of sp³-hybridized carbons (Fsp3) is 0.571. The second kappa shape index (κ2) is 7.57. The van der Waals surface area contributed by atoms with Gasteiger partial charge >= 0.3 is 0 Å². The molecule has 0 bridgehead atoms. The molecule has 0 spiro atoms. The van der Waals surface area contributed by atoms with Crippen molar-refractivity contribution in [3.05, 3.63) is 38.9 Å². The van der Waals surface area contributed by atoms with Gasteiger partial charge in [0.25, 0.3) is 5.69 Å².